The van der Waals surface area contributed by atoms with Crippen LogP contribution in [-0.2, 0) is 22.1 Å². The maximum absolute atomic E-state index is 11.6. The summed E-state index contributed by atoms with van der Waals surface area (Å²) in [6, 6.07) is 7.42. The topological polar surface area (TPSA) is 46.2 Å². The normalized spacial score (nSPS) is 21.5. The van der Waals surface area contributed by atoms with Crippen LogP contribution in [-0.4, -0.2) is 15.9 Å². The molecule has 0 aliphatic carbocycles. The smallest absolute Gasteiger partial charge is 0.233 e. The zero-order valence-corrected chi connectivity index (χ0v) is 7.76. The second-order valence-corrected chi connectivity index (χ2v) is 4.29. The number of hydrogen-bond acceptors (Lipinski definition) is 2. The van der Waals surface area contributed by atoms with Gasteiger partial charge in [-0.25, -0.2) is 0 Å². The molecule has 1 N–H and O–H groups in total. The predicted molar refractivity (Wildman–Crippen MR) is 49.6 cm³/mol. The lowest BCUT2D eigenvalue weighted by atomic mass is 10.2. The molecular formula is C9H9NO2S. The molecule has 1 amide bonds. The van der Waals surface area contributed by atoms with Gasteiger partial charge in [-0.05, 0) is 11.6 Å². The van der Waals surface area contributed by atoms with Crippen LogP contribution in [0.4, 0.5) is 0 Å². The van der Waals surface area contributed by atoms with Crippen LogP contribution in [0.5, 0.6) is 0 Å². The van der Waals surface area contributed by atoms with Gasteiger partial charge >= 0.3 is 0 Å². The first-order chi connectivity index (χ1) is 6.27. The number of amides is 1. The van der Waals surface area contributed by atoms with Crippen molar-refractivity contribution in [3.63, 3.8) is 0 Å². The quantitative estimate of drug-likeness (QED) is 0.652. The average molecular weight is 195 g/mol. The Morgan fingerprint density at radius 3 is 2.92 bits per heavy atom. The molecule has 4 heteroatoms. The average Bonchev–Trinajstić information content (AvgIpc) is 2.27. The summed E-state index contributed by atoms with van der Waals surface area (Å²) in [5.41, 5.74) is 0.951. The number of rotatable bonds is 0. The van der Waals surface area contributed by atoms with E-state index in [1.807, 2.05) is 24.3 Å². The highest BCUT2D eigenvalue weighted by molar-refractivity contribution is 7.85. The monoisotopic (exact) mass is 195 g/mol. The number of fused-ring (bicyclic) bond motifs is 1. The van der Waals surface area contributed by atoms with Gasteiger partial charge in [-0.3, -0.25) is 9.00 Å². The number of nitrogens with one attached hydrogen (secondary N) is 1. The Morgan fingerprint density at radius 2 is 2.08 bits per heavy atom. The molecular weight excluding hydrogens is 186 g/mol. The van der Waals surface area contributed by atoms with Crippen LogP contribution < -0.4 is 5.32 Å². The molecule has 0 radical (unpaired) electrons. The van der Waals surface area contributed by atoms with Crippen LogP contribution >= 0.6 is 0 Å². The van der Waals surface area contributed by atoms with Crippen LogP contribution in [0.2, 0.25) is 0 Å². The zero-order chi connectivity index (χ0) is 9.26. The van der Waals surface area contributed by atoms with Crippen molar-refractivity contribution in [1.82, 2.24) is 5.32 Å². The molecule has 1 aromatic rings. The summed E-state index contributed by atoms with van der Waals surface area (Å²) in [6.45, 7) is 0.487. The molecule has 0 fully saturated rings. The predicted octanol–water partition coefficient (Wildman–Crippen LogP) is 0.424. The molecule has 0 spiro atoms. The molecule has 2 rings (SSSR count). The summed E-state index contributed by atoms with van der Waals surface area (Å²) >= 11 is 0. The highest BCUT2D eigenvalue weighted by Gasteiger charge is 2.17. The molecule has 0 saturated heterocycles. The highest BCUT2D eigenvalue weighted by Crippen LogP contribution is 2.15. The second-order valence-electron chi connectivity index (χ2n) is 2.87. The molecule has 1 aliphatic heterocycles. The molecule has 1 atom stereocenters. The third-order valence-corrected chi connectivity index (χ3v) is 3.37. The molecule has 1 aliphatic rings. The van der Waals surface area contributed by atoms with E-state index in [1.54, 1.807) is 0 Å². The van der Waals surface area contributed by atoms with Crippen molar-refractivity contribution in [2.45, 2.75) is 11.4 Å². The Balaban J connectivity index is 2.46. The van der Waals surface area contributed by atoms with E-state index in [0.717, 1.165) is 10.5 Å². The van der Waals surface area contributed by atoms with Gasteiger partial charge in [0.05, 0.1) is 10.8 Å². The third-order valence-electron chi connectivity index (χ3n) is 1.96. The SMILES string of the molecule is O=C1CS(=O)c2ccccc2CN1. The zero-order valence-electron chi connectivity index (χ0n) is 6.95. The summed E-state index contributed by atoms with van der Waals surface area (Å²) in [5, 5.41) is 2.70. The van der Waals surface area contributed by atoms with Crippen molar-refractivity contribution in [3.05, 3.63) is 29.8 Å². The van der Waals surface area contributed by atoms with E-state index in [2.05, 4.69) is 5.32 Å². The number of carbonyl (C=O) groups is 1. The summed E-state index contributed by atoms with van der Waals surface area (Å²) in [7, 11) is -1.17. The van der Waals surface area contributed by atoms with Gasteiger partial charge in [-0.15, -0.1) is 0 Å². The second kappa shape index (κ2) is 3.30. The number of hydrogen-bond donors (Lipinski definition) is 1. The summed E-state index contributed by atoms with van der Waals surface area (Å²) in [6.07, 6.45) is 0. The van der Waals surface area contributed by atoms with E-state index < -0.39 is 10.8 Å². The van der Waals surface area contributed by atoms with Gasteiger partial charge in [-0.2, -0.15) is 0 Å². The molecule has 0 saturated carbocycles. The van der Waals surface area contributed by atoms with Crippen molar-refractivity contribution < 1.29 is 9.00 Å². The molecule has 13 heavy (non-hydrogen) atoms. The fraction of sp³-hybridized carbons (Fsp3) is 0.222. The van der Waals surface area contributed by atoms with Crippen molar-refractivity contribution in [3.8, 4) is 0 Å². The minimum atomic E-state index is -1.17. The molecule has 1 aromatic carbocycles. The Labute approximate surface area is 78.6 Å². The number of benzene rings is 1. The van der Waals surface area contributed by atoms with Gasteiger partial charge in [0.15, 0.2) is 0 Å². The lowest BCUT2D eigenvalue weighted by Gasteiger charge is -2.01. The maximum atomic E-state index is 11.6. The van der Waals surface area contributed by atoms with Crippen LogP contribution in [0.15, 0.2) is 29.2 Å². The van der Waals surface area contributed by atoms with Gasteiger partial charge in [-0.1, -0.05) is 18.2 Å². The third kappa shape index (κ3) is 1.62. The minimum absolute atomic E-state index is 0.0804. The standard InChI is InChI=1S/C9H9NO2S/c11-9-6-13(12)8-4-2-1-3-7(8)5-10-9/h1-4H,5-6H2,(H,10,11). The Hall–Kier alpha value is -1.16. The molecule has 68 valence electrons. The van der Waals surface area contributed by atoms with E-state index in [1.165, 1.54) is 0 Å². The Kier molecular flexibility index (Phi) is 2.14. The van der Waals surface area contributed by atoms with Crippen LogP contribution in [0.25, 0.3) is 0 Å². The Bertz CT molecular complexity index is 376. The van der Waals surface area contributed by atoms with Crippen LogP contribution in [0, 0.1) is 0 Å². The molecule has 1 heterocycles. The molecule has 0 aromatic heterocycles. The van der Waals surface area contributed by atoms with Gasteiger partial charge in [0, 0.05) is 11.4 Å². The molecule has 1 unspecified atom stereocenters. The van der Waals surface area contributed by atoms with Crippen molar-refractivity contribution in [1.29, 1.82) is 0 Å². The summed E-state index contributed by atoms with van der Waals surface area (Å²) in [5.74, 6) is -0.0636. The first-order valence-electron chi connectivity index (χ1n) is 4.00. The van der Waals surface area contributed by atoms with Crippen molar-refractivity contribution in [2.24, 2.45) is 0 Å². The van der Waals surface area contributed by atoms with E-state index >= 15 is 0 Å². The fourth-order valence-electron chi connectivity index (χ4n) is 1.31. The largest absolute Gasteiger partial charge is 0.351 e. The van der Waals surface area contributed by atoms with E-state index in [0.29, 0.717) is 6.54 Å². The van der Waals surface area contributed by atoms with E-state index in [9.17, 15) is 9.00 Å². The lowest BCUT2D eigenvalue weighted by molar-refractivity contribution is -0.118. The van der Waals surface area contributed by atoms with Crippen LogP contribution in [0.3, 0.4) is 0 Å². The van der Waals surface area contributed by atoms with Crippen molar-refractivity contribution in [2.75, 3.05) is 5.75 Å². The first-order valence-corrected chi connectivity index (χ1v) is 5.32. The Morgan fingerprint density at radius 1 is 1.31 bits per heavy atom. The van der Waals surface area contributed by atoms with Gasteiger partial charge in [0.25, 0.3) is 0 Å². The van der Waals surface area contributed by atoms with Gasteiger partial charge < -0.3 is 5.32 Å². The van der Waals surface area contributed by atoms with E-state index in [4.69, 9.17) is 0 Å². The number of carbonyl (C=O) groups excluding carboxylic acids is 1. The molecule has 0 bridgehead atoms. The lowest BCUT2D eigenvalue weighted by Crippen LogP contribution is -2.24. The van der Waals surface area contributed by atoms with Gasteiger partial charge in [0.1, 0.15) is 5.75 Å². The maximum Gasteiger partial charge on any atom is 0.233 e. The van der Waals surface area contributed by atoms with Gasteiger partial charge in [0.2, 0.25) is 5.91 Å². The highest BCUT2D eigenvalue weighted by atomic mass is 32.2. The fourth-order valence-corrected chi connectivity index (χ4v) is 2.47. The van der Waals surface area contributed by atoms with E-state index in [-0.39, 0.29) is 11.7 Å². The first kappa shape index (κ1) is 8.44. The minimum Gasteiger partial charge on any atom is -0.351 e. The summed E-state index contributed by atoms with van der Waals surface area (Å²) < 4.78 is 11.6. The van der Waals surface area contributed by atoms with Crippen molar-refractivity contribution >= 4 is 16.7 Å². The van der Waals surface area contributed by atoms with Crippen LogP contribution in [0.1, 0.15) is 5.56 Å². The molecule has 3 nitrogen and oxygen atoms in total. The summed E-state index contributed by atoms with van der Waals surface area (Å²) in [4.78, 5) is 11.8.